The number of nitrogen functional groups attached to an aromatic ring is 2. The SMILES string of the molecule is N=C(NCCCCc1ccc(OCCN(CCCc2ccccc2)C[C@H](O)[C@@H](O)[C@H](O)[C@H](O)CO)cc1)NC(=O)c1nc(Cl)c(N)nc1N. The molecule has 15 nitrogen and oxygen atoms in total. The Morgan fingerprint density at radius 2 is 1.53 bits per heavy atom. The Kier molecular flexibility index (Phi) is 16.4. The third-order valence-corrected chi connectivity index (χ3v) is 7.98. The van der Waals surface area contributed by atoms with Crippen molar-refractivity contribution in [3.05, 3.63) is 76.6 Å². The molecule has 0 radical (unpaired) electrons. The smallest absolute Gasteiger partial charge is 0.280 e. The monoisotopic (exact) mass is 702 g/mol. The minimum atomic E-state index is -1.68. The number of unbranched alkanes of at least 4 members (excludes halogenated alkanes) is 1. The van der Waals surface area contributed by atoms with Crippen LogP contribution in [0.5, 0.6) is 5.75 Å². The number of nitrogens with two attached hydrogens (primary N) is 2. The molecule has 1 heterocycles. The summed E-state index contributed by atoms with van der Waals surface area (Å²) >= 11 is 5.81. The number of aromatic nitrogens is 2. The number of hydrogen-bond donors (Lipinski definition) is 10. The number of rotatable bonds is 20. The van der Waals surface area contributed by atoms with Crippen LogP contribution in [0.25, 0.3) is 0 Å². The van der Waals surface area contributed by atoms with Crippen molar-refractivity contribution >= 4 is 35.1 Å². The first-order chi connectivity index (χ1) is 23.5. The van der Waals surface area contributed by atoms with E-state index in [4.69, 9.17) is 38.3 Å². The normalized spacial score (nSPS) is 13.8. The zero-order valence-electron chi connectivity index (χ0n) is 27.2. The molecule has 0 saturated heterocycles. The fourth-order valence-electron chi connectivity index (χ4n) is 4.92. The van der Waals surface area contributed by atoms with Gasteiger partial charge in [0, 0.05) is 19.6 Å². The van der Waals surface area contributed by atoms with Crippen molar-refractivity contribution in [3.63, 3.8) is 0 Å². The van der Waals surface area contributed by atoms with Crippen molar-refractivity contribution in [2.75, 3.05) is 50.9 Å². The number of nitrogens with zero attached hydrogens (tertiary/aromatic N) is 3. The highest BCUT2D eigenvalue weighted by molar-refractivity contribution is 6.31. The van der Waals surface area contributed by atoms with Crippen LogP contribution in [-0.2, 0) is 12.8 Å². The molecule has 0 unspecified atom stereocenters. The predicted octanol–water partition coefficient (Wildman–Crippen LogP) is 0.321. The van der Waals surface area contributed by atoms with Gasteiger partial charge < -0.3 is 47.1 Å². The van der Waals surface area contributed by atoms with Gasteiger partial charge in [0.05, 0.1) is 12.7 Å². The molecule has 4 atom stereocenters. The number of aliphatic hydroxyl groups excluding tert-OH is 5. The number of aryl methyl sites for hydroxylation is 2. The third-order valence-electron chi connectivity index (χ3n) is 7.71. The number of ether oxygens (including phenoxy) is 1. The molecule has 3 aromatic rings. The van der Waals surface area contributed by atoms with Gasteiger partial charge in [0.25, 0.3) is 5.91 Å². The van der Waals surface area contributed by atoms with E-state index in [1.54, 1.807) is 0 Å². The van der Waals surface area contributed by atoms with E-state index in [1.807, 2.05) is 59.5 Å². The lowest BCUT2D eigenvalue weighted by Crippen LogP contribution is -2.50. The molecule has 0 spiro atoms. The topological polar surface area (TPSA) is 256 Å². The second-order valence-electron chi connectivity index (χ2n) is 11.5. The second-order valence-corrected chi connectivity index (χ2v) is 11.9. The van der Waals surface area contributed by atoms with E-state index in [0.29, 0.717) is 32.0 Å². The van der Waals surface area contributed by atoms with Crippen molar-refractivity contribution in [3.8, 4) is 5.75 Å². The summed E-state index contributed by atoms with van der Waals surface area (Å²) in [5.41, 5.74) is 13.3. The maximum absolute atomic E-state index is 12.3. The van der Waals surface area contributed by atoms with Crippen molar-refractivity contribution in [2.45, 2.75) is 56.5 Å². The van der Waals surface area contributed by atoms with Gasteiger partial charge in [0.1, 0.15) is 30.7 Å². The van der Waals surface area contributed by atoms with Gasteiger partial charge in [-0.2, -0.15) is 0 Å². The summed E-state index contributed by atoms with van der Waals surface area (Å²) in [5.74, 6) is -0.543. The molecule has 16 heteroatoms. The van der Waals surface area contributed by atoms with E-state index < -0.39 is 36.9 Å². The van der Waals surface area contributed by atoms with Gasteiger partial charge >= 0.3 is 0 Å². The van der Waals surface area contributed by atoms with Crippen LogP contribution in [0.3, 0.4) is 0 Å². The highest BCUT2D eigenvalue weighted by atomic mass is 35.5. The van der Waals surface area contributed by atoms with Crippen LogP contribution in [-0.4, -0.2) is 116 Å². The Bertz CT molecular complexity index is 1450. The summed E-state index contributed by atoms with van der Waals surface area (Å²) < 4.78 is 5.95. The molecule has 0 aliphatic rings. The van der Waals surface area contributed by atoms with Crippen molar-refractivity contribution < 1.29 is 35.1 Å². The van der Waals surface area contributed by atoms with Gasteiger partial charge in [-0.3, -0.25) is 20.4 Å². The van der Waals surface area contributed by atoms with Gasteiger partial charge in [-0.15, -0.1) is 0 Å². The quantitative estimate of drug-likeness (QED) is 0.0433. The highest BCUT2D eigenvalue weighted by Gasteiger charge is 2.31. The average molecular weight is 703 g/mol. The minimum absolute atomic E-state index is 0.0366. The number of guanidine groups is 1. The number of carbonyl (C=O) groups is 1. The lowest BCUT2D eigenvalue weighted by molar-refractivity contribution is -0.119. The largest absolute Gasteiger partial charge is 0.492 e. The average Bonchev–Trinajstić information content (AvgIpc) is 3.09. The number of nitrogens with one attached hydrogen (secondary N) is 3. The Morgan fingerprint density at radius 3 is 2.22 bits per heavy atom. The van der Waals surface area contributed by atoms with Crippen LogP contribution >= 0.6 is 11.6 Å². The maximum atomic E-state index is 12.3. The van der Waals surface area contributed by atoms with Gasteiger partial charge in [-0.05, 0) is 61.9 Å². The van der Waals surface area contributed by atoms with E-state index in [9.17, 15) is 25.2 Å². The lowest BCUT2D eigenvalue weighted by Gasteiger charge is -2.30. The number of benzene rings is 2. The summed E-state index contributed by atoms with van der Waals surface area (Å²) in [5, 5.41) is 62.6. The molecular weight excluding hydrogens is 656 g/mol. The molecule has 0 bridgehead atoms. The van der Waals surface area contributed by atoms with Crippen LogP contribution in [0, 0.1) is 5.41 Å². The van der Waals surface area contributed by atoms with E-state index in [2.05, 4.69) is 20.6 Å². The van der Waals surface area contributed by atoms with Crippen LogP contribution in [0.2, 0.25) is 5.15 Å². The number of hydrogen-bond acceptors (Lipinski definition) is 13. The number of aliphatic hydroxyl groups is 5. The van der Waals surface area contributed by atoms with Crippen LogP contribution in [0.15, 0.2) is 54.6 Å². The van der Waals surface area contributed by atoms with Crippen LogP contribution in [0.1, 0.15) is 40.9 Å². The Balaban J connectivity index is 1.39. The van der Waals surface area contributed by atoms with Crippen LogP contribution < -0.4 is 26.8 Å². The van der Waals surface area contributed by atoms with Crippen molar-refractivity contribution in [1.29, 1.82) is 5.41 Å². The first-order valence-corrected chi connectivity index (χ1v) is 16.4. The third kappa shape index (κ3) is 13.4. The fourth-order valence-corrected chi connectivity index (χ4v) is 5.05. The van der Waals surface area contributed by atoms with E-state index in [-0.39, 0.29) is 35.0 Å². The predicted molar refractivity (Wildman–Crippen MR) is 186 cm³/mol. The molecule has 268 valence electrons. The number of anilines is 2. The summed E-state index contributed by atoms with van der Waals surface area (Å²) in [7, 11) is 0. The first kappa shape index (κ1) is 39.3. The van der Waals surface area contributed by atoms with Crippen LogP contribution in [0.4, 0.5) is 11.6 Å². The van der Waals surface area contributed by atoms with E-state index >= 15 is 0 Å². The summed E-state index contributed by atoms with van der Waals surface area (Å²) in [6, 6.07) is 17.7. The summed E-state index contributed by atoms with van der Waals surface area (Å²) in [6.07, 6.45) is -2.25. The second kappa shape index (κ2) is 20.4. The molecule has 0 aliphatic carbocycles. The minimum Gasteiger partial charge on any atom is -0.492 e. The summed E-state index contributed by atoms with van der Waals surface area (Å²) in [6.45, 7) is 1.11. The number of halogens is 1. The molecule has 0 fully saturated rings. The molecule has 0 saturated carbocycles. The lowest BCUT2D eigenvalue weighted by atomic mass is 10.0. The molecule has 3 rings (SSSR count). The van der Waals surface area contributed by atoms with Crippen molar-refractivity contribution in [1.82, 2.24) is 25.5 Å². The van der Waals surface area contributed by atoms with E-state index in [0.717, 1.165) is 37.7 Å². The Hall–Kier alpha value is -4.09. The molecule has 1 amide bonds. The van der Waals surface area contributed by atoms with Gasteiger partial charge in [0.15, 0.2) is 28.4 Å². The summed E-state index contributed by atoms with van der Waals surface area (Å²) in [4.78, 5) is 21.8. The van der Waals surface area contributed by atoms with Crippen molar-refractivity contribution in [2.24, 2.45) is 0 Å². The zero-order valence-corrected chi connectivity index (χ0v) is 28.0. The molecule has 0 aliphatic heterocycles. The zero-order chi connectivity index (χ0) is 35.8. The molecule has 12 N–H and O–H groups in total. The molecular formula is C33H47ClN8O7. The maximum Gasteiger partial charge on any atom is 0.280 e. The first-order valence-electron chi connectivity index (χ1n) is 16.0. The van der Waals surface area contributed by atoms with E-state index in [1.165, 1.54) is 5.56 Å². The van der Waals surface area contributed by atoms with Gasteiger partial charge in [0.2, 0.25) is 0 Å². The van der Waals surface area contributed by atoms with Gasteiger partial charge in [-0.1, -0.05) is 54.1 Å². The number of carbonyl (C=O) groups excluding carboxylic acids is 1. The Morgan fingerprint density at radius 1 is 0.878 bits per heavy atom. The number of amides is 1. The highest BCUT2D eigenvalue weighted by Crippen LogP contribution is 2.17. The van der Waals surface area contributed by atoms with Gasteiger partial charge in [-0.25, -0.2) is 9.97 Å². The Labute approximate surface area is 290 Å². The molecule has 49 heavy (non-hydrogen) atoms. The fraction of sp³-hybridized carbons (Fsp3) is 0.455. The standard InChI is InChI=1S/C33H47ClN8O7/c34-29-31(36)40-30(35)26(39-29)32(48)41-33(37)38-15-5-4-9-22-11-13-23(14-12-22)49-18-17-42(16-6-10-21-7-2-1-3-8-21)19-24(44)27(46)28(47)25(45)20-43/h1-3,7-8,11-14,24-25,27-28,43-47H,4-6,9-10,15-20H2,(H4,35,36,40)(H3,37,38,41,48)/t24-,25+,27+,28+/m0/s1. The molecule has 1 aromatic heterocycles. The molecule has 2 aromatic carbocycles.